The summed E-state index contributed by atoms with van der Waals surface area (Å²) in [6.45, 7) is 1.79. The second kappa shape index (κ2) is 6.10. The normalized spacial score (nSPS) is 14.9. The van der Waals surface area contributed by atoms with Crippen molar-refractivity contribution in [2.75, 3.05) is 5.88 Å². The standard InChI is InChI=1S/C8H12ClIO/c1-8(11,4-2-6-9)5-3-7-10/h11H,2,4-6H2,1H3. The number of alkyl halides is 1. The van der Waals surface area contributed by atoms with E-state index in [0.717, 1.165) is 12.8 Å². The van der Waals surface area contributed by atoms with Crippen molar-refractivity contribution in [1.29, 1.82) is 0 Å². The van der Waals surface area contributed by atoms with E-state index in [9.17, 15) is 5.11 Å². The van der Waals surface area contributed by atoms with Crippen molar-refractivity contribution in [2.24, 2.45) is 0 Å². The fraction of sp³-hybridized carbons (Fsp3) is 0.750. The third-order valence-electron chi connectivity index (χ3n) is 1.39. The maximum atomic E-state index is 9.61. The number of hydrogen-bond donors (Lipinski definition) is 1. The first-order chi connectivity index (χ1) is 5.12. The molecule has 0 radical (unpaired) electrons. The van der Waals surface area contributed by atoms with Crippen LogP contribution in [0.15, 0.2) is 0 Å². The quantitative estimate of drug-likeness (QED) is 0.478. The number of halogens is 2. The van der Waals surface area contributed by atoms with Crippen LogP contribution in [0.2, 0.25) is 0 Å². The minimum absolute atomic E-state index is 0.535. The molecule has 0 aromatic rings. The highest BCUT2D eigenvalue weighted by Gasteiger charge is 2.17. The van der Waals surface area contributed by atoms with Gasteiger partial charge in [-0.3, -0.25) is 0 Å². The van der Waals surface area contributed by atoms with Crippen LogP contribution in [0.3, 0.4) is 0 Å². The molecule has 0 saturated carbocycles. The van der Waals surface area contributed by atoms with Crippen LogP contribution in [-0.4, -0.2) is 16.6 Å². The van der Waals surface area contributed by atoms with Gasteiger partial charge in [-0.15, -0.1) is 11.6 Å². The van der Waals surface area contributed by atoms with Gasteiger partial charge in [-0.25, -0.2) is 0 Å². The molecule has 0 fully saturated rings. The highest BCUT2D eigenvalue weighted by Crippen LogP contribution is 2.16. The van der Waals surface area contributed by atoms with Crippen LogP contribution in [0, 0.1) is 9.85 Å². The second-order valence-corrected chi connectivity index (χ2v) is 3.65. The molecule has 1 unspecified atom stereocenters. The van der Waals surface area contributed by atoms with Crippen molar-refractivity contribution in [3.05, 3.63) is 0 Å². The Morgan fingerprint density at radius 3 is 2.73 bits per heavy atom. The van der Waals surface area contributed by atoms with Crippen LogP contribution in [0.4, 0.5) is 0 Å². The largest absolute Gasteiger partial charge is 0.389 e. The fourth-order valence-electron chi connectivity index (χ4n) is 0.760. The third kappa shape index (κ3) is 6.92. The lowest BCUT2D eigenvalue weighted by molar-refractivity contribution is 0.0557. The van der Waals surface area contributed by atoms with Gasteiger partial charge < -0.3 is 5.11 Å². The Labute approximate surface area is 86.7 Å². The Kier molecular flexibility index (Phi) is 6.40. The minimum atomic E-state index is -0.660. The predicted octanol–water partition coefficient (Wildman–Crippen LogP) is 2.54. The SMILES string of the molecule is CC(O)(CC#CI)CCCCl. The number of rotatable bonds is 4. The Hall–Kier alpha value is 0.540. The van der Waals surface area contributed by atoms with Crippen molar-refractivity contribution < 1.29 is 5.11 Å². The second-order valence-electron chi connectivity index (χ2n) is 2.74. The first kappa shape index (κ1) is 11.5. The van der Waals surface area contributed by atoms with Gasteiger partial charge in [0.2, 0.25) is 0 Å². The van der Waals surface area contributed by atoms with Crippen molar-refractivity contribution in [2.45, 2.75) is 31.8 Å². The zero-order chi connectivity index (χ0) is 8.74. The van der Waals surface area contributed by atoms with E-state index in [0.29, 0.717) is 12.3 Å². The average molecular weight is 287 g/mol. The fourth-order valence-corrected chi connectivity index (χ4v) is 1.08. The van der Waals surface area contributed by atoms with E-state index < -0.39 is 5.60 Å². The lowest BCUT2D eigenvalue weighted by Crippen LogP contribution is -2.23. The molecule has 0 spiro atoms. The molecular weight excluding hydrogens is 274 g/mol. The van der Waals surface area contributed by atoms with E-state index in [-0.39, 0.29) is 0 Å². The van der Waals surface area contributed by atoms with Crippen LogP contribution in [-0.2, 0) is 0 Å². The first-order valence-electron chi connectivity index (χ1n) is 3.49. The summed E-state index contributed by atoms with van der Waals surface area (Å²) in [6.07, 6.45) is 2.10. The zero-order valence-electron chi connectivity index (χ0n) is 6.53. The smallest absolute Gasteiger partial charge is 0.0729 e. The molecule has 1 N–H and O–H groups in total. The molecular formula is C8H12ClIO. The topological polar surface area (TPSA) is 20.2 Å². The Morgan fingerprint density at radius 2 is 2.27 bits per heavy atom. The van der Waals surface area contributed by atoms with Gasteiger partial charge in [-0.05, 0) is 23.7 Å². The highest BCUT2D eigenvalue weighted by atomic mass is 127. The lowest BCUT2D eigenvalue weighted by Gasteiger charge is -2.19. The Morgan fingerprint density at radius 1 is 1.64 bits per heavy atom. The summed E-state index contributed by atoms with van der Waals surface area (Å²) in [5.41, 5.74) is -0.660. The molecule has 0 amide bonds. The lowest BCUT2D eigenvalue weighted by atomic mass is 9.97. The molecule has 0 saturated heterocycles. The predicted molar refractivity (Wildman–Crippen MR) is 57.0 cm³/mol. The molecule has 3 heteroatoms. The van der Waals surface area contributed by atoms with Crippen molar-refractivity contribution >= 4 is 34.2 Å². The van der Waals surface area contributed by atoms with Crippen LogP contribution < -0.4 is 0 Å². The summed E-state index contributed by atoms with van der Waals surface area (Å²) in [5, 5.41) is 9.61. The van der Waals surface area contributed by atoms with Gasteiger partial charge in [-0.2, -0.15) is 0 Å². The molecule has 1 atom stereocenters. The van der Waals surface area contributed by atoms with Crippen LogP contribution in [0.25, 0.3) is 0 Å². The summed E-state index contributed by atoms with van der Waals surface area (Å²) < 4.78 is 2.73. The van der Waals surface area contributed by atoms with E-state index in [1.807, 2.05) is 22.6 Å². The summed E-state index contributed by atoms with van der Waals surface area (Å²) in [7, 11) is 0. The summed E-state index contributed by atoms with van der Waals surface area (Å²) >= 11 is 7.46. The minimum Gasteiger partial charge on any atom is -0.389 e. The number of aliphatic hydroxyl groups is 1. The van der Waals surface area contributed by atoms with E-state index >= 15 is 0 Å². The van der Waals surface area contributed by atoms with E-state index in [2.05, 4.69) is 9.85 Å². The summed E-state index contributed by atoms with van der Waals surface area (Å²) in [4.78, 5) is 0. The molecule has 0 aliphatic rings. The van der Waals surface area contributed by atoms with Crippen LogP contribution in [0.1, 0.15) is 26.2 Å². The molecule has 11 heavy (non-hydrogen) atoms. The molecule has 0 aliphatic heterocycles. The monoisotopic (exact) mass is 286 g/mol. The van der Waals surface area contributed by atoms with Crippen LogP contribution >= 0.6 is 34.2 Å². The Balaban J connectivity index is 3.66. The number of hydrogen-bond acceptors (Lipinski definition) is 1. The van der Waals surface area contributed by atoms with Crippen molar-refractivity contribution in [3.8, 4) is 9.85 Å². The average Bonchev–Trinajstić information content (AvgIpc) is 1.97. The first-order valence-corrected chi connectivity index (χ1v) is 5.10. The summed E-state index contributed by atoms with van der Waals surface area (Å²) in [5.74, 6) is 3.45. The van der Waals surface area contributed by atoms with Gasteiger partial charge in [0.1, 0.15) is 0 Å². The van der Waals surface area contributed by atoms with E-state index in [1.54, 1.807) is 6.92 Å². The highest BCUT2D eigenvalue weighted by molar-refractivity contribution is 14.1. The van der Waals surface area contributed by atoms with Crippen molar-refractivity contribution in [1.82, 2.24) is 0 Å². The van der Waals surface area contributed by atoms with Crippen molar-refractivity contribution in [3.63, 3.8) is 0 Å². The van der Waals surface area contributed by atoms with Gasteiger partial charge in [0.05, 0.1) is 5.60 Å². The molecule has 0 aliphatic carbocycles. The zero-order valence-corrected chi connectivity index (χ0v) is 9.44. The molecule has 0 aromatic carbocycles. The summed E-state index contributed by atoms with van der Waals surface area (Å²) in [6, 6.07) is 0. The van der Waals surface area contributed by atoms with Gasteiger partial charge in [0, 0.05) is 34.9 Å². The van der Waals surface area contributed by atoms with Gasteiger partial charge in [-0.1, -0.05) is 5.92 Å². The van der Waals surface area contributed by atoms with E-state index in [1.165, 1.54) is 0 Å². The molecule has 1 nitrogen and oxygen atoms in total. The maximum Gasteiger partial charge on any atom is 0.0729 e. The third-order valence-corrected chi connectivity index (χ3v) is 2.03. The van der Waals surface area contributed by atoms with Gasteiger partial charge in [0.25, 0.3) is 0 Å². The molecule has 0 rings (SSSR count). The molecule has 64 valence electrons. The Bertz CT molecular complexity index is 157. The van der Waals surface area contributed by atoms with Crippen LogP contribution in [0.5, 0.6) is 0 Å². The maximum absolute atomic E-state index is 9.61. The molecule has 0 heterocycles. The van der Waals surface area contributed by atoms with Gasteiger partial charge >= 0.3 is 0 Å². The molecule has 0 aromatic heterocycles. The van der Waals surface area contributed by atoms with Gasteiger partial charge in [0.15, 0.2) is 0 Å². The van der Waals surface area contributed by atoms with E-state index in [4.69, 9.17) is 11.6 Å². The molecule has 0 bridgehead atoms.